The number of hydrogen-bond donors (Lipinski definition) is 2. The van der Waals surface area contributed by atoms with E-state index in [1.54, 1.807) is 48.6 Å². The molecule has 0 saturated carbocycles. The molecule has 246 valence electrons. The van der Waals surface area contributed by atoms with Crippen molar-refractivity contribution in [1.29, 1.82) is 0 Å². The van der Waals surface area contributed by atoms with Crippen molar-refractivity contribution in [2.24, 2.45) is 5.92 Å². The molecule has 10 nitrogen and oxygen atoms in total. The van der Waals surface area contributed by atoms with Crippen LogP contribution in [0, 0.1) is 5.92 Å². The average Bonchev–Trinajstić information content (AvgIpc) is 3.54. The van der Waals surface area contributed by atoms with Gasteiger partial charge in [0.1, 0.15) is 10.9 Å². The van der Waals surface area contributed by atoms with E-state index in [0.717, 1.165) is 23.8 Å². The summed E-state index contributed by atoms with van der Waals surface area (Å²) in [7, 11) is -4.66. The highest BCUT2D eigenvalue weighted by atomic mass is 32.2. The number of carbonyl (C=O) groups is 1. The Hall–Kier alpha value is -4.47. The fourth-order valence-corrected chi connectivity index (χ4v) is 8.08. The Morgan fingerprint density at radius 1 is 0.979 bits per heavy atom. The number of hydrogen-bond acceptors (Lipinski definition) is 9. The van der Waals surface area contributed by atoms with Gasteiger partial charge in [0.2, 0.25) is 16.8 Å². The van der Waals surface area contributed by atoms with E-state index in [0.29, 0.717) is 33.2 Å². The van der Waals surface area contributed by atoms with Gasteiger partial charge in [-0.05, 0) is 35.2 Å². The van der Waals surface area contributed by atoms with Crippen molar-refractivity contribution in [3.63, 3.8) is 0 Å². The topological polar surface area (TPSA) is 126 Å². The number of sulfonamides is 1. The third-order valence-corrected chi connectivity index (χ3v) is 10.2. The summed E-state index contributed by atoms with van der Waals surface area (Å²) in [6.07, 6.45) is 1.43. The summed E-state index contributed by atoms with van der Waals surface area (Å²) in [6.45, 7) is 1.58. The maximum atomic E-state index is 14.5. The molecule has 2 aliphatic heterocycles. The number of Topliss-reactive ketones (excluding diaryl/α,β-unsaturated/α-hetero) is 1. The Labute approximate surface area is 268 Å². The van der Waals surface area contributed by atoms with E-state index >= 15 is 0 Å². The van der Waals surface area contributed by atoms with E-state index in [9.17, 15) is 26.4 Å². The number of rotatable bonds is 9. The molecule has 47 heavy (non-hydrogen) atoms. The number of anilines is 1. The molecular weight excluding hydrogens is 641 g/mol. The van der Waals surface area contributed by atoms with Gasteiger partial charge in [0.15, 0.2) is 17.3 Å². The second-order valence-corrected chi connectivity index (χ2v) is 12.9. The molecule has 3 aliphatic rings. The van der Waals surface area contributed by atoms with Crippen LogP contribution in [0.3, 0.4) is 0 Å². The summed E-state index contributed by atoms with van der Waals surface area (Å²) >= 11 is 0. The van der Waals surface area contributed by atoms with Crippen molar-refractivity contribution in [2.75, 3.05) is 11.1 Å². The summed E-state index contributed by atoms with van der Waals surface area (Å²) in [5.41, 5.74) is -0.0953. The number of para-hydroxylation sites is 1. The van der Waals surface area contributed by atoms with Crippen LogP contribution in [0.15, 0.2) is 90.7 Å². The monoisotopic (exact) mass is 670 g/mol. The molecule has 0 aromatic heterocycles. The van der Waals surface area contributed by atoms with Crippen LogP contribution in [-0.4, -0.2) is 42.0 Å². The lowest BCUT2D eigenvalue weighted by Crippen LogP contribution is -2.49. The Morgan fingerprint density at radius 2 is 1.66 bits per heavy atom. The summed E-state index contributed by atoms with van der Waals surface area (Å²) in [4.78, 5) is 19.1. The van der Waals surface area contributed by atoms with Crippen molar-refractivity contribution < 1.29 is 51.1 Å². The average molecular weight is 671 g/mol. The molecule has 0 fully saturated rings. The van der Waals surface area contributed by atoms with Crippen LogP contribution in [0.25, 0.3) is 5.57 Å². The lowest BCUT2D eigenvalue weighted by molar-refractivity contribution is -0.497. The first-order valence-electron chi connectivity index (χ1n) is 14.5. The van der Waals surface area contributed by atoms with Crippen molar-refractivity contribution >= 4 is 27.1 Å². The number of aryl methyl sites for hydroxylation is 1. The molecule has 0 bridgehead atoms. The molecule has 3 aromatic rings. The first-order valence-corrected chi connectivity index (χ1v) is 16.0. The Morgan fingerprint density at radius 3 is 2.36 bits per heavy atom. The number of nitrogens with zero attached hydrogens (tertiary/aromatic N) is 2. The van der Waals surface area contributed by atoms with Gasteiger partial charge in [-0.3, -0.25) is 15.2 Å². The summed E-state index contributed by atoms with van der Waals surface area (Å²) in [5, 5.41) is 15.9. The molecule has 14 heteroatoms. The highest BCUT2D eigenvalue weighted by Crippen LogP contribution is 2.52. The standard InChI is InChI=1S/C33H29F3N2O8S/c1-2-22-15-16-24(32-31(22)44-19-45-32)29-23-7-3-6-10-28(23)47(42,43)37(26-9-5-4-8-25(26)33(34,35)36)30(29)27(39)17-20-11-13-21(14-12-20)18-46-38(40)41/h3-16,23,28,40-41H,2,17-19H2,1H3. The number of alkyl halides is 3. The molecule has 0 amide bonds. The van der Waals surface area contributed by atoms with E-state index in [1.807, 2.05) is 6.92 Å². The molecule has 0 saturated heterocycles. The number of allylic oxidation sites excluding steroid dienone is 5. The minimum absolute atomic E-state index is 0.126. The zero-order valence-electron chi connectivity index (χ0n) is 24.8. The van der Waals surface area contributed by atoms with Crippen LogP contribution in [-0.2, 0) is 45.3 Å². The number of ether oxygens (including phenoxy) is 2. The maximum Gasteiger partial charge on any atom is 0.418 e. The van der Waals surface area contributed by atoms with Crippen LogP contribution in [0.5, 0.6) is 11.5 Å². The van der Waals surface area contributed by atoms with Gasteiger partial charge >= 0.3 is 6.18 Å². The van der Waals surface area contributed by atoms with Gasteiger partial charge in [0.25, 0.3) is 0 Å². The number of halogens is 3. The quantitative estimate of drug-likeness (QED) is 0.264. The largest absolute Gasteiger partial charge is 0.453 e. The number of ketones is 1. The van der Waals surface area contributed by atoms with Gasteiger partial charge in [-0.1, -0.05) is 79.8 Å². The van der Waals surface area contributed by atoms with Crippen molar-refractivity contribution in [2.45, 2.75) is 37.8 Å². The minimum Gasteiger partial charge on any atom is -0.453 e. The first-order chi connectivity index (χ1) is 22.4. The Kier molecular flexibility index (Phi) is 8.72. The van der Waals surface area contributed by atoms with Gasteiger partial charge in [-0.15, -0.1) is 0 Å². The fraction of sp³-hybridized carbons (Fsp3) is 0.242. The molecule has 1 aliphatic carbocycles. The molecule has 2 atom stereocenters. The molecule has 2 heterocycles. The predicted molar refractivity (Wildman–Crippen MR) is 163 cm³/mol. The number of fused-ring (bicyclic) bond motifs is 2. The molecule has 0 spiro atoms. The highest BCUT2D eigenvalue weighted by molar-refractivity contribution is 7.94. The van der Waals surface area contributed by atoms with E-state index in [2.05, 4.69) is 4.84 Å². The van der Waals surface area contributed by atoms with Crippen LogP contribution < -0.4 is 13.8 Å². The van der Waals surface area contributed by atoms with Crippen LogP contribution in [0.1, 0.15) is 34.7 Å². The van der Waals surface area contributed by atoms with Gasteiger partial charge in [0.05, 0.1) is 23.2 Å². The maximum absolute atomic E-state index is 14.5. The lowest BCUT2D eigenvalue weighted by Gasteiger charge is -2.41. The Balaban J connectivity index is 1.60. The lowest BCUT2D eigenvalue weighted by atomic mass is 9.83. The Bertz CT molecular complexity index is 1900. The zero-order valence-corrected chi connectivity index (χ0v) is 25.7. The first kappa shape index (κ1) is 32.5. The zero-order chi connectivity index (χ0) is 33.5. The van der Waals surface area contributed by atoms with Crippen molar-refractivity contribution in [3.8, 4) is 11.5 Å². The predicted octanol–water partition coefficient (Wildman–Crippen LogP) is 5.99. The minimum atomic E-state index is -4.95. The van der Waals surface area contributed by atoms with Gasteiger partial charge in [-0.2, -0.15) is 13.2 Å². The third-order valence-electron chi connectivity index (χ3n) is 8.17. The van der Waals surface area contributed by atoms with Crippen molar-refractivity contribution in [1.82, 2.24) is 5.39 Å². The molecule has 2 N–H and O–H groups in total. The highest BCUT2D eigenvalue weighted by Gasteiger charge is 2.50. The second kappa shape index (κ2) is 12.6. The van der Waals surface area contributed by atoms with Gasteiger partial charge < -0.3 is 9.47 Å². The van der Waals surface area contributed by atoms with Crippen LogP contribution in [0.2, 0.25) is 0 Å². The van der Waals surface area contributed by atoms with Crippen LogP contribution >= 0.6 is 0 Å². The molecule has 0 radical (unpaired) electrons. The normalized spacial score (nSPS) is 19.8. The van der Waals surface area contributed by atoms with Crippen LogP contribution in [0.4, 0.5) is 18.9 Å². The van der Waals surface area contributed by atoms with Crippen molar-refractivity contribution in [3.05, 3.63) is 118 Å². The van der Waals surface area contributed by atoms with E-state index in [4.69, 9.17) is 19.9 Å². The van der Waals surface area contributed by atoms with E-state index < -0.39 is 55.5 Å². The van der Waals surface area contributed by atoms with Gasteiger partial charge in [0, 0.05) is 23.5 Å². The second-order valence-electron chi connectivity index (χ2n) is 11.0. The third kappa shape index (κ3) is 6.05. The fourth-order valence-electron chi connectivity index (χ4n) is 6.06. The smallest absolute Gasteiger partial charge is 0.418 e. The molecule has 3 aromatic carbocycles. The number of benzene rings is 3. The summed E-state index contributed by atoms with van der Waals surface area (Å²) in [5.74, 6) is -0.997. The SMILES string of the molecule is CCc1ccc(C2=C(C(=O)Cc3ccc(CON(O)O)cc3)N(c3ccccc3C(F)(F)F)S(=O)(=O)C3C=CC=CC23)c2c1OCO2. The van der Waals surface area contributed by atoms with E-state index in [1.165, 1.54) is 18.2 Å². The summed E-state index contributed by atoms with van der Waals surface area (Å²) < 4.78 is 84.5. The van der Waals surface area contributed by atoms with Gasteiger partial charge in [-0.25, -0.2) is 17.6 Å². The molecule has 6 rings (SSSR count). The number of carbonyl (C=O) groups excluding carboxylic acids is 1. The molecular formula is C33H29F3N2O8S. The molecule has 2 unspecified atom stereocenters. The van der Waals surface area contributed by atoms with E-state index in [-0.39, 0.29) is 31.1 Å². The summed E-state index contributed by atoms with van der Waals surface area (Å²) in [6, 6.07) is 13.9.